The lowest BCUT2D eigenvalue weighted by atomic mass is 10.2. The Kier molecular flexibility index (Phi) is 6.65. The molecule has 0 bridgehead atoms. The molecule has 1 atom stereocenters. The molecule has 0 aliphatic rings. The van der Waals surface area contributed by atoms with Gasteiger partial charge in [-0.2, -0.15) is 17.9 Å². The molecular formula is C18H18F3N3O4S. The van der Waals surface area contributed by atoms with Gasteiger partial charge >= 0.3 is 6.18 Å². The number of anilines is 2. The molecule has 1 unspecified atom stereocenters. The minimum absolute atomic E-state index is 0.274. The van der Waals surface area contributed by atoms with Crippen LogP contribution < -0.4 is 15.4 Å². The van der Waals surface area contributed by atoms with Crippen LogP contribution in [0.15, 0.2) is 53.4 Å². The van der Waals surface area contributed by atoms with E-state index in [4.69, 9.17) is 0 Å². The van der Waals surface area contributed by atoms with E-state index in [9.17, 15) is 31.2 Å². The molecule has 29 heavy (non-hydrogen) atoms. The minimum atomic E-state index is -4.87. The quantitative estimate of drug-likeness (QED) is 0.657. The van der Waals surface area contributed by atoms with Gasteiger partial charge in [0.15, 0.2) is 0 Å². The summed E-state index contributed by atoms with van der Waals surface area (Å²) in [6.45, 7) is 2.54. The van der Waals surface area contributed by atoms with Crippen molar-refractivity contribution in [1.82, 2.24) is 4.72 Å². The summed E-state index contributed by atoms with van der Waals surface area (Å²) in [5.41, 5.74) is -0.521. The summed E-state index contributed by atoms with van der Waals surface area (Å²) >= 11 is 0. The molecule has 0 saturated carbocycles. The van der Waals surface area contributed by atoms with Crippen molar-refractivity contribution in [2.24, 2.45) is 0 Å². The van der Waals surface area contributed by atoms with E-state index in [0.717, 1.165) is 18.2 Å². The SMILES string of the molecule is CC(=O)Nc1ccc(NC(=O)C(C)NS(=O)(=O)c2ccccc2C(F)(F)F)cc1. The maximum absolute atomic E-state index is 13.1. The van der Waals surface area contributed by atoms with E-state index in [1.54, 1.807) is 0 Å². The number of hydrogen-bond acceptors (Lipinski definition) is 4. The molecule has 0 aromatic heterocycles. The molecule has 156 valence electrons. The second-order valence-electron chi connectivity index (χ2n) is 6.08. The minimum Gasteiger partial charge on any atom is -0.326 e. The first-order valence-corrected chi connectivity index (χ1v) is 9.75. The number of halogens is 3. The van der Waals surface area contributed by atoms with E-state index >= 15 is 0 Å². The standard InChI is InChI=1S/C18H18F3N3O4S/c1-11(17(26)23-14-9-7-13(8-10-14)22-12(2)25)24-29(27,28)16-6-4-3-5-15(16)18(19,20)21/h3-11,24H,1-2H3,(H,22,25)(H,23,26). The van der Waals surface area contributed by atoms with E-state index in [-0.39, 0.29) is 5.91 Å². The summed E-state index contributed by atoms with van der Waals surface area (Å²) in [6.07, 6.45) is -4.87. The number of benzene rings is 2. The number of amides is 2. The fourth-order valence-electron chi connectivity index (χ4n) is 2.38. The first-order chi connectivity index (χ1) is 13.4. The zero-order chi connectivity index (χ0) is 21.8. The molecule has 11 heteroatoms. The number of nitrogens with one attached hydrogen (secondary N) is 3. The van der Waals surface area contributed by atoms with Crippen molar-refractivity contribution in [2.45, 2.75) is 31.0 Å². The number of carbonyl (C=O) groups is 2. The molecule has 2 aromatic rings. The fraction of sp³-hybridized carbons (Fsp3) is 0.222. The average Bonchev–Trinajstić information content (AvgIpc) is 2.62. The first kappa shape index (κ1) is 22.4. The largest absolute Gasteiger partial charge is 0.417 e. The van der Waals surface area contributed by atoms with Crippen LogP contribution in [0.25, 0.3) is 0 Å². The van der Waals surface area contributed by atoms with Gasteiger partial charge in [-0.1, -0.05) is 12.1 Å². The molecule has 2 amide bonds. The maximum Gasteiger partial charge on any atom is 0.417 e. The van der Waals surface area contributed by atoms with Crippen molar-refractivity contribution < 1.29 is 31.2 Å². The number of alkyl halides is 3. The van der Waals surface area contributed by atoms with Crippen molar-refractivity contribution in [1.29, 1.82) is 0 Å². The van der Waals surface area contributed by atoms with Gasteiger partial charge in [-0.25, -0.2) is 8.42 Å². The van der Waals surface area contributed by atoms with Crippen LogP contribution in [0.3, 0.4) is 0 Å². The highest BCUT2D eigenvalue weighted by molar-refractivity contribution is 7.89. The van der Waals surface area contributed by atoms with Gasteiger partial charge in [0.25, 0.3) is 0 Å². The number of rotatable bonds is 6. The van der Waals surface area contributed by atoms with Crippen LogP contribution in [0.4, 0.5) is 24.5 Å². The van der Waals surface area contributed by atoms with Crippen LogP contribution in [0, 0.1) is 0 Å². The average molecular weight is 429 g/mol. The highest BCUT2D eigenvalue weighted by Crippen LogP contribution is 2.33. The second-order valence-corrected chi connectivity index (χ2v) is 7.77. The molecule has 0 radical (unpaired) electrons. The van der Waals surface area contributed by atoms with Crippen molar-refractivity contribution in [3.63, 3.8) is 0 Å². The maximum atomic E-state index is 13.1. The van der Waals surface area contributed by atoms with Crippen molar-refractivity contribution in [2.75, 3.05) is 10.6 Å². The van der Waals surface area contributed by atoms with Crippen molar-refractivity contribution in [3.8, 4) is 0 Å². The summed E-state index contributed by atoms with van der Waals surface area (Å²) in [6, 6.07) is 8.33. The van der Waals surface area contributed by atoms with Crippen LogP contribution in [-0.2, 0) is 25.8 Å². The van der Waals surface area contributed by atoms with Gasteiger partial charge in [0.05, 0.1) is 16.5 Å². The molecule has 0 aliphatic heterocycles. The lowest BCUT2D eigenvalue weighted by Crippen LogP contribution is -2.42. The highest BCUT2D eigenvalue weighted by atomic mass is 32.2. The summed E-state index contributed by atoms with van der Waals surface area (Å²) < 4.78 is 65.9. The third-order valence-corrected chi connectivity index (χ3v) is 5.28. The molecule has 3 N–H and O–H groups in total. The lowest BCUT2D eigenvalue weighted by Gasteiger charge is -2.17. The van der Waals surface area contributed by atoms with Gasteiger partial charge < -0.3 is 10.6 Å². The Morgan fingerprint density at radius 1 is 0.931 bits per heavy atom. The Balaban J connectivity index is 2.12. The number of sulfonamides is 1. The zero-order valence-electron chi connectivity index (χ0n) is 15.4. The van der Waals surface area contributed by atoms with Gasteiger partial charge in [0, 0.05) is 18.3 Å². The van der Waals surface area contributed by atoms with Crippen LogP contribution in [0.1, 0.15) is 19.4 Å². The van der Waals surface area contributed by atoms with Gasteiger partial charge in [-0.3, -0.25) is 9.59 Å². The van der Waals surface area contributed by atoms with Crippen LogP contribution >= 0.6 is 0 Å². The van der Waals surface area contributed by atoms with Crippen molar-refractivity contribution >= 4 is 33.2 Å². The molecule has 2 aromatic carbocycles. The smallest absolute Gasteiger partial charge is 0.326 e. The van der Waals surface area contributed by atoms with Crippen LogP contribution in [0.5, 0.6) is 0 Å². The van der Waals surface area contributed by atoms with Gasteiger partial charge in [-0.15, -0.1) is 0 Å². The Labute approximate surface area is 165 Å². The second kappa shape index (κ2) is 8.62. The third-order valence-electron chi connectivity index (χ3n) is 3.68. The Bertz CT molecular complexity index is 1010. The molecule has 0 spiro atoms. The topological polar surface area (TPSA) is 104 Å². The predicted octanol–water partition coefficient (Wildman–Crippen LogP) is 2.97. The zero-order valence-corrected chi connectivity index (χ0v) is 16.2. The van der Waals surface area contributed by atoms with E-state index in [1.807, 2.05) is 4.72 Å². The number of hydrogen-bond donors (Lipinski definition) is 3. The van der Waals surface area contributed by atoms with Gasteiger partial charge in [0.2, 0.25) is 21.8 Å². The van der Waals surface area contributed by atoms with Crippen LogP contribution in [0.2, 0.25) is 0 Å². The molecule has 0 heterocycles. The molecule has 0 saturated heterocycles. The van der Waals surface area contributed by atoms with Gasteiger partial charge in [-0.05, 0) is 43.3 Å². The molecular weight excluding hydrogens is 411 g/mol. The fourth-order valence-corrected chi connectivity index (χ4v) is 3.81. The highest BCUT2D eigenvalue weighted by Gasteiger charge is 2.37. The number of carbonyl (C=O) groups excluding carboxylic acids is 2. The summed E-state index contributed by atoms with van der Waals surface area (Å²) in [5.74, 6) is -1.05. The molecule has 2 rings (SSSR count). The normalized spacial score (nSPS) is 12.9. The van der Waals surface area contributed by atoms with E-state index in [0.29, 0.717) is 17.4 Å². The predicted molar refractivity (Wildman–Crippen MR) is 101 cm³/mol. The summed E-state index contributed by atoms with van der Waals surface area (Å²) in [7, 11) is -4.61. The molecule has 0 aliphatic carbocycles. The summed E-state index contributed by atoms with van der Waals surface area (Å²) in [5, 5.41) is 4.98. The lowest BCUT2D eigenvalue weighted by molar-refractivity contribution is -0.139. The molecule has 7 nitrogen and oxygen atoms in total. The van der Waals surface area contributed by atoms with Gasteiger partial charge in [0.1, 0.15) is 0 Å². The third kappa shape index (κ3) is 6.03. The first-order valence-electron chi connectivity index (χ1n) is 8.27. The Morgan fingerprint density at radius 2 is 1.45 bits per heavy atom. The molecule has 0 fully saturated rings. The van der Waals surface area contributed by atoms with E-state index < -0.39 is 38.6 Å². The Hall–Kier alpha value is -2.92. The van der Waals surface area contributed by atoms with E-state index in [1.165, 1.54) is 38.1 Å². The van der Waals surface area contributed by atoms with E-state index in [2.05, 4.69) is 10.6 Å². The van der Waals surface area contributed by atoms with Crippen molar-refractivity contribution in [3.05, 3.63) is 54.1 Å². The Morgan fingerprint density at radius 3 is 1.97 bits per heavy atom. The summed E-state index contributed by atoms with van der Waals surface area (Å²) in [4.78, 5) is 22.3. The monoisotopic (exact) mass is 429 g/mol. The van der Waals surface area contributed by atoms with Crippen LogP contribution in [-0.4, -0.2) is 26.3 Å².